The molecule has 0 fully saturated rings. The Hall–Kier alpha value is -0.210. The van der Waals surface area contributed by atoms with Gasteiger partial charge in [0.2, 0.25) is 0 Å². The molecule has 0 aromatic carbocycles. The summed E-state index contributed by atoms with van der Waals surface area (Å²) < 4.78 is 0. The van der Waals surface area contributed by atoms with E-state index < -0.39 is 0 Å². The van der Waals surface area contributed by atoms with Crippen LogP contribution in [0.4, 0.5) is 0 Å². The largest absolute Gasteiger partial charge is 0.240 e. The van der Waals surface area contributed by atoms with Crippen molar-refractivity contribution in [3.8, 4) is 0 Å². The fraction of sp³-hybridized carbons (Fsp3) is 0.545. The molecule has 0 N–H and O–H groups in total. The third-order valence-corrected chi connectivity index (χ3v) is 3.64. The van der Waals surface area contributed by atoms with Crippen LogP contribution in [-0.4, -0.2) is 10.7 Å². The van der Waals surface area contributed by atoms with Gasteiger partial charge in [0.15, 0.2) is 0 Å². The van der Waals surface area contributed by atoms with Gasteiger partial charge in [0.25, 0.3) is 0 Å². The maximum absolute atomic E-state index is 5.79. The van der Waals surface area contributed by atoms with Gasteiger partial charge in [-0.1, -0.05) is 37.9 Å². The third-order valence-electron chi connectivity index (χ3n) is 2.12. The molecular weight excluding hydrogens is 214 g/mol. The Bertz CT molecular complexity index is 278. The molecular formula is C11H16ClNS. The van der Waals surface area contributed by atoms with Gasteiger partial charge in [0.05, 0.1) is 5.69 Å². The summed E-state index contributed by atoms with van der Waals surface area (Å²) in [6.07, 6.45) is 1.25. The van der Waals surface area contributed by atoms with Gasteiger partial charge in [-0.2, -0.15) is 11.8 Å². The van der Waals surface area contributed by atoms with Crippen molar-refractivity contribution in [2.24, 2.45) is 5.92 Å². The first-order valence-corrected chi connectivity index (χ1v) is 6.44. The van der Waals surface area contributed by atoms with Crippen molar-refractivity contribution in [3.63, 3.8) is 0 Å². The Morgan fingerprint density at radius 3 is 2.93 bits per heavy atom. The predicted molar refractivity (Wildman–Crippen MR) is 64.9 cm³/mol. The smallest absolute Gasteiger partial charge is 0.129 e. The zero-order valence-electron chi connectivity index (χ0n) is 8.66. The molecule has 1 rings (SSSR count). The first kappa shape index (κ1) is 11.9. The minimum atomic E-state index is 0.589. The molecule has 1 unspecified atom stereocenters. The summed E-state index contributed by atoms with van der Waals surface area (Å²) in [5, 5.41) is 0.589. The molecule has 1 heterocycles. The molecule has 78 valence electrons. The fourth-order valence-corrected chi connectivity index (χ4v) is 2.32. The van der Waals surface area contributed by atoms with Gasteiger partial charge in [-0.15, -0.1) is 0 Å². The SMILES string of the molecule is CCC(C)CSCc1cccc(Cl)n1. The van der Waals surface area contributed by atoms with Crippen LogP contribution in [0, 0.1) is 5.92 Å². The number of thioether (sulfide) groups is 1. The first-order valence-electron chi connectivity index (χ1n) is 4.91. The van der Waals surface area contributed by atoms with E-state index in [2.05, 4.69) is 18.8 Å². The van der Waals surface area contributed by atoms with Crippen LogP contribution < -0.4 is 0 Å². The van der Waals surface area contributed by atoms with Crippen LogP contribution in [0.15, 0.2) is 18.2 Å². The summed E-state index contributed by atoms with van der Waals surface area (Å²) in [7, 11) is 0. The molecule has 0 radical (unpaired) electrons. The van der Waals surface area contributed by atoms with Crippen molar-refractivity contribution in [1.29, 1.82) is 0 Å². The average molecular weight is 230 g/mol. The number of hydrogen-bond donors (Lipinski definition) is 0. The number of aromatic nitrogens is 1. The highest BCUT2D eigenvalue weighted by molar-refractivity contribution is 7.98. The molecule has 0 aliphatic carbocycles. The van der Waals surface area contributed by atoms with E-state index in [-0.39, 0.29) is 0 Å². The van der Waals surface area contributed by atoms with Crippen molar-refractivity contribution in [1.82, 2.24) is 4.98 Å². The second-order valence-corrected chi connectivity index (χ2v) is 4.90. The van der Waals surface area contributed by atoms with Crippen molar-refractivity contribution >= 4 is 23.4 Å². The summed E-state index contributed by atoms with van der Waals surface area (Å²) in [4.78, 5) is 4.24. The third kappa shape index (κ3) is 4.34. The maximum atomic E-state index is 5.79. The normalized spacial score (nSPS) is 12.8. The lowest BCUT2D eigenvalue weighted by Gasteiger charge is -2.07. The molecule has 0 bridgehead atoms. The lowest BCUT2D eigenvalue weighted by Crippen LogP contribution is -1.96. The monoisotopic (exact) mass is 229 g/mol. The van der Waals surface area contributed by atoms with Crippen LogP contribution in [0.2, 0.25) is 5.15 Å². The highest BCUT2D eigenvalue weighted by atomic mass is 35.5. The first-order chi connectivity index (χ1) is 6.72. The number of pyridine rings is 1. The van der Waals surface area contributed by atoms with Crippen molar-refractivity contribution in [3.05, 3.63) is 29.0 Å². The Morgan fingerprint density at radius 1 is 1.50 bits per heavy atom. The van der Waals surface area contributed by atoms with E-state index in [1.807, 2.05) is 30.0 Å². The van der Waals surface area contributed by atoms with Gasteiger partial charge in [0.1, 0.15) is 5.15 Å². The Kier molecular flexibility index (Phi) is 5.34. The van der Waals surface area contributed by atoms with Gasteiger partial charge >= 0.3 is 0 Å². The van der Waals surface area contributed by atoms with Crippen molar-refractivity contribution in [2.45, 2.75) is 26.0 Å². The minimum absolute atomic E-state index is 0.589. The molecule has 1 atom stereocenters. The Labute approximate surface area is 95.3 Å². The van der Waals surface area contributed by atoms with Gasteiger partial charge in [-0.3, -0.25) is 0 Å². The van der Waals surface area contributed by atoms with E-state index in [0.29, 0.717) is 5.15 Å². The number of hydrogen-bond acceptors (Lipinski definition) is 2. The maximum Gasteiger partial charge on any atom is 0.129 e. The summed E-state index contributed by atoms with van der Waals surface area (Å²) in [6.45, 7) is 4.50. The van der Waals surface area contributed by atoms with E-state index >= 15 is 0 Å². The summed E-state index contributed by atoms with van der Waals surface area (Å²) in [6, 6.07) is 5.79. The van der Waals surface area contributed by atoms with Crippen LogP contribution in [0.3, 0.4) is 0 Å². The minimum Gasteiger partial charge on any atom is -0.240 e. The van der Waals surface area contributed by atoms with Crippen LogP contribution in [0.25, 0.3) is 0 Å². The van der Waals surface area contributed by atoms with Crippen LogP contribution in [0.5, 0.6) is 0 Å². The molecule has 1 nitrogen and oxygen atoms in total. The number of halogens is 1. The Balaban J connectivity index is 2.31. The summed E-state index contributed by atoms with van der Waals surface area (Å²) in [5.41, 5.74) is 1.07. The van der Waals surface area contributed by atoms with Gasteiger partial charge in [0, 0.05) is 5.75 Å². The number of nitrogens with zero attached hydrogens (tertiary/aromatic N) is 1. The molecule has 14 heavy (non-hydrogen) atoms. The fourth-order valence-electron chi connectivity index (χ4n) is 1.01. The predicted octanol–water partition coefficient (Wildman–Crippen LogP) is 4.01. The molecule has 0 saturated heterocycles. The average Bonchev–Trinajstić information content (AvgIpc) is 2.17. The van der Waals surface area contributed by atoms with E-state index in [0.717, 1.165) is 17.4 Å². The van der Waals surface area contributed by atoms with Crippen LogP contribution >= 0.6 is 23.4 Å². The molecule has 0 aliphatic rings. The molecule has 3 heteroatoms. The van der Waals surface area contributed by atoms with E-state index in [1.165, 1.54) is 12.2 Å². The highest BCUT2D eigenvalue weighted by Gasteiger charge is 2.00. The van der Waals surface area contributed by atoms with Gasteiger partial charge in [-0.05, 0) is 23.8 Å². The molecule has 1 aromatic rings. The van der Waals surface area contributed by atoms with Crippen molar-refractivity contribution < 1.29 is 0 Å². The van der Waals surface area contributed by atoms with E-state index in [9.17, 15) is 0 Å². The van der Waals surface area contributed by atoms with Crippen LogP contribution in [-0.2, 0) is 5.75 Å². The van der Waals surface area contributed by atoms with Crippen molar-refractivity contribution in [2.75, 3.05) is 5.75 Å². The second kappa shape index (κ2) is 6.31. The standard InChI is InChI=1S/C11H16ClNS/c1-3-9(2)7-14-8-10-5-4-6-11(12)13-10/h4-6,9H,3,7-8H2,1-2H3. The summed E-state index contributed by atoms with van der Waals surface area (Å²) >= 11 is 7.72. The lowest BCUT2D eigenvalue weighted by molar-refractivity contribution is 0.637. The molecule has 0 saturated carbocycles. The zero-order chi connectivity index (χ0) is 10.4. The van der Waals surface area contributed by atoms with Crippen LogP contribution in [0.1, 0.15) is 26.0 Å². The second-order valence-electron chi connectivity index (χ2n) is 3.48. The topological polar surface area (TPSA) is 12.9 Å². The van der Waals surface area contributed by atoms with E-state index in [1.54, 1.807) is 0 Å². The quantitative estimate of drug-likeness (QED) is 0.708. The zero-order valence-corrected chi connectivity index (χ0v) is 10.2. The Morgan fingerprint density at radius 2 is 2.29 bits per heavy atom. The lowest BCUT2D eigenvalue weighted by atomic mass is 10.2. The molecule has 0 aliphatic heterocycles. The van der Waals surface area contributed by atoms with Gasteiger partial charge < -0.3 is 0 Å². The van der Waals surface area contributed by atoms with Gasteiger partial charge in [-0.25, -0.2) is 4.98 Å². The molecule has 0 amide bonds. The number of rotatable bonds is 5. The molecule has 0 spiro atoms. The highest BCUT2D eigenvalue weighted by Crippen LogP contribution is 2.16. The van der Waals surface area contributed by atoms with E-state index in [4.69, 9.17) is 11.6 Å². The molecule has 1 aromatic heterocycles. The summed E-state index contributed by atoms with van der Waals surface area (Å²) in [5.74, 6) is 2.95.